The van der Waals surface area contributed by atoms with Crippen LogP contribution in [0.3, 0.4) is 0 Å². The predicted molar refractivity (Wildman–Crippen MR) is 71.2 cm³/mol. The molecule has 90 valence electrons. The van der Waals surface area contributed by atoms with E-state index in [9.17, 15) is 0 Å². The summed E-state index contributed by atoms with van der Waals surface area (Å²) in [5, 5.41) is 8.03. The Morgan fingerprint density at radius 3 is 2.56 bits per heavy atom. The third-order valence-electron chi connectivity index (χ3n) is 3.58. The molecule has 0 amide bonds. The van der Waals surface area contributed by atoms with Gasteiger partial charge >= 0.3 is 0 Å². The average Bonchev–Trinajstić information content (AvgIpc) is 2.74. The smallest absolute Gasteiger partial charge is 0.278 e. The second kappa shape index (κ2) is 5.98. The molecular weight excluding hydrogens is 315 g/mol. The highest BCUT2D eigenvalue weighted by atomic mass is 127. The van der Waals surface area contributed by atoms with Crippen LogP contribution in [0.15, 0.2) is 4.42 Å². The van der Waals surface area contributed by atoms with Crippen LogP contribution in [0.4, 0.5) is 0 Å². The van der Waals surface area contributed by atoms with Crippen LogP contribution in [-0.2, 0) is 0 Å². The minimum absolute atomic E-state index is 0.522. The lowest BCUT2D eigenvalue weighted by atomic mass is 9.80. The molecule has 1 aliphatic carbocycles. The van der Waals surface area contributed by atoms with Gasteiger partial charge in [-0.25, -0.2) is 0 Å². The number of halogens is 1. The third-order valence-corrected chi connectivity index (χ3v) is 4.01. The van der Waals surface area contributed by atoms with E-state index >= 15 is 0 Å². The second-order valence-corrected chi connectivity index (χ2v) is 5.68. The maximum atomic E-state index is 5.50. The highest BCUT2D eigenvalue weighted by molar-refractivity contribution is 14.1. The summed E-state index contributed by atoms with van der Waals surface area (Å²) in [4.78, 5) is 0. The molecule has 1 aliphatic rings. The van der Waals surface area contributed by atoms with Gasteiger partial charge in [-0.15, -0.1) is 10.2 Å². The van der Waals surface area contributed by atoms with E-state index in [4.69, 9.17) is 4.42 Å². The number of nitrogens with zero attached hydrogens (tertiary/aromatic N) is 2. The first-order valence-electron chi connectivity index (χ1n) is 6.28. The van der Waals surface area contributed by atoms with E-state index in [0.717, 1.165) is 11.8 Å². The topological polar surface area (TPSA) is 38.9 Å². The van der Waals surface area contributed by atoms with Crippen molar-refractivity contribution in [3.8, 4) is 0 Å². The Kier molecular flexibility index (Phi) is 4.61. The van der Waals surface area contributed by atoms with Crippen molar-refractivity contribution in [3.63, 3.8) is 0 Å². The Labute approximate surface area is 111 Å². The number of unbranched alkanes of at least 4 members (excludes halogenated alkanes) is 1. The molecule has 0 bridgehead atoms. The quantitative estimate of drug-likeness (QED) is 0.777. The molecule has 1 aromatic heterocycles. The minimum atomic E-state index is 0.522. The van der Waals surface area contributed by atoms with E-state index in [0.29, 0.717) is 9.82 Å². The van der Waals surface area contributed by atoms with Gasteiger partial charge in [0.25, 0.3) is 3.90 Å². The SMILES string of the molecule is CCCCC1CCC(c2nnc(I)o2)CC1. The minimum Gasteiger partial charge on any atom is -0.416 e. The Balaban J connectivity index is 1.81. The molecule has 1 saturated carbocycles. The van der Waals surface area contributed by atoms with Crippen LogP contribution in [-0.4, -0.2) is 10.2 Å². The van der Waals surface area contributed by atoms with Gasteiger partial charge in [0.2, 0.25) is 5.89 Å². The average molecular weight is 334 g/mol. The monoisotopic (exact) mass is 334 g/mol. The van der Waals surface area contributed by atoms with Gasteiger partial charge in [-0.05, 0) is 31.6 Å². The summed E-state index contributed by atoms with van der Waals surface area (Å²) >= 11 is 2.08. The molecule has 0 atom stereocenters. The fourth-order valence-corrected chi connectivity index (χ4v) is 2.91. The van der Waals surface area contributed by atoms with Crippen molar-refractivity contribution >= 4 is 22.6 Å². The van der Waals surface area contributed by atoms with Crippen LogP contribution in [0.5, 0.6) is 0 Å². The maximum absolute atomic E-state index is 5.50. The molecule has 0 aromatic carbocycles. The molecule has 4 heteroatoms. The summed E-state index contributed by atoms with van der Waals surface area (Å²) in [6, 6.07) is 0. The standard InChI is InChI=1S/C12H19IN2O/c1-2-3-4-9-5-7-10(8-6-9)11-14-15-12(13)16-11/h9-10H,2-8H2,1H3. The van der Waals surface area contributed by atoms with Gasteiger partial charge in [-0.2, -0.15) is 0 Å². The Morgan fingerprint density at radius 2 is 2.00 bits per heavy atom. The van der Waals surface area contributed by atoms with Crippen molar-refractivity contribution in [2.75, 3.05) is 0 Å². The number of rotatable bonds is 4. The van der Waals surface area contributed by atoms with Crippen molar-refractivity contribution in [3.05, 3.63) is 9.79 Å². The fraction of sp³-hybridized carbons (Fsp3) is 0.833. The highest BCUT2D eigenvalue weighted by Gasteiger charge is 2.25. The molecule has 2 rings (SSSR count). The molecule has 0 radical (unpaired) electrons. The van der Waals surface area contributed by atoms with Gasteiger partial charge in [0, 0.05) is 28.5 Å². The largest absolute Gasteiger partial charge is 0.416 e. The highest BCUT2D eigenvalue weighted by Crippen LogP contribution is 2.37. The lowest BCUT2D eigenvalue weighted by Gasteiger charge is -2.26. The summed E-state index contributed by atoms with van der Waals surface area (Å²) < 4.78 is 6.17. The van der Waals surface area contributed by atoms with Gasteiger partial charge in [0.05, 0.1) is 0 Å². The first-order chi connectivity index (χ1) is 7.79. The van der Waals surface area contributed by atoms with Crippen LogP contribution in [0.2, 0.25) is 0 Å². The zero-order valence-electron chi connectivity index (χ0n) is 9.79. The van der Waals surface area contributed by atoms with E-state index in [1.807, 2.05) is 0 Å². The molecule has 0 spiro atoms. The van der Waals surface area contributed by atoms with E-state index in [-0.39, 0.29) is 0 Å². The summed E-state index contributed by atoms with van der Waals surface area (Å²) in [6.07, 6.45) is 9.24. The molecular formula is C12H19IN2O. The van der Waals surface area contributed by atoms with Crippen LogP contribution < -0.4 is 0 Å². The van der Waals surface area contributed by atoms with Gasteiger partial charge in [-0.3, -0.25) is 0 Å². The molecule has 1 aromatic rings. The van der Waals surface area contributed by atoms with Crippen molar-refractivity contribution in [1.29, 1.82) is 0 Å². The molecule has 0 saturated heterocycles. The van der Waals surface area contributed by atoms with Gasteiger partial charge in [-0.1, -0.05) is 26.2 Å². The first-order valence-corrected chi connectivity index (χ1v) is 7.36. The molecule has 1 heterocycles. The fourth-order valence-electron chi connectivity index (χ4n) is 2.57. The summed E-state index contributed by atoms with van der Waals surface area (Å²) in [7, 11) is 0. The lowest BCUT2D eigenvalue weighted by molar-refractivity contribution is 0.275. The Hall–Kier alpha value is -0.130. The van der Waals surface area contributed by atoms with E-state index in [1.54, 1.807) is 0 Å². The summed E-state index contributed by atoms with van der Waals surface area (Å²) in [5.41, 5.74) is 0. The van der Waals surface area contributed by atoms with E-state index in [1.165, 1.54) is 44.9 Å². The number of hydrogen-bond acceptors (Lipinski definition) is 3. The Bertz CT molecular complexity index is 319. The van der Waals surface area contributed by atoms with E-state index in [2.05, 4.69) is 39.7 Å². The van der Waals surface area contributed by atoms with Crippen molar-refractivity contribution < 1.29 is 4.42 Å². The van der Waals surface area contributed by atoms with Gasteiger partial charge in [0.1, 0.15) is 0 Å². The zero-order chi connectivity index (χ0) is 11.4. The molecule has 1 fully saturated rings. The summed E-state index contributed by atoms with van der Waals surface area (Å²) in [6.45, 7) is 2.27. The molecule has 16 heavy (non-hydrogen) atoms. The number of hydrogen-bond donors (Lipinski definition) is 0. The lowest BCUT2D eigenvalue weighted by Crippen LogP contribution is -2.13. The van der Waals surface area contributed by atoms with Gasteiger partial charge in [0.15, 0.2) is 0 Å². The third kappa shape index (κ3) is 3.18. The van der Waals surface area contributed by atoms with E-state index < -0.39 is 0 Å². The molecule has 0 N–H and O–H groups in total. The zero-order valence-corrected chi connectivity index (χ0v) is 11.9. The van der Waals surface area contributed by atoms with Crippen LogP contribution in [0.1, 0.15) is 63.7 Å². The summed E-state index contributed by atoms with van der Waals surface area (Å²) in [5.74, 6) is 2.32. The first kappa shape index (κ1) is 12.3. The van der Waals surface area contributed by atoms with Crippen LogP contribution >= 0.6 is 22.6 Å². The van der Waals surface area contributed by atoms with Crippen molar-refractivity contribution in [1.82, 2.24) is 10.2 Å². The second-order valence-electron chi connectivity index (χ2n) is 4.75. The Morgan fingerprint density at radius 1 is 1.25 bits per heavy atom. The van der Waals surface area contributed by atoms with Crippen LogP contribution in [0.25, 0.3) is 0 Å². The molecule has 3 nitrogen and oxygen atoms in total. The van der Waals surface area contributed by atoms with Gasteiger partial charge < -0.3 is 4.42 Å². The number of aromatic nitrogens is 2. The van der Waals surface area contributed by atoms with Crippen LogP contribution in [0, 0.1) is 9.82 Å². The van der Waals surface area contributed by atoms with Crippen molar-refractivity contribution in [2.24, 2.45) is 5.92 Å². The normalized spacial score (nSPS) is 25.9. The van der Waals surface area contributed by atoms with Crippen molar-refractivity contribution in [2.45, 2.75) is 57.8 Å². The molecule has 0 aliphatic heterocycles. The molecule has 0 unspecified atom stereocenters. The maximum Gasteiger partial charge on any atom is 0.278 e. The predicted octanol–water partition coefficient (Wildman–Crippen LogP) is 4.14.